The van der Waals surface area contributed by atoms with Gasteiger partial charge in [0.1, 0.15) is 0 Å². The lowest BCUT2D eigenvalue weighted by Crippen LogP contribution is -2.04. The first-order chi connectivity index (χ1) is 4.61. The Bertz CT molecular complexity index is 251. The molecule has 1 N–H and O–H groups in total. The maximum Gasteiger partial charge on any atom is 0.0635 e. The van der Waals surface area contributed by atoms with Gasteiger partial charge in [-0.3, -0.25) is 0 Å². The maximum atomic E-state index is 7.48. The van der Waals surface area contributed by atoms with Gasteiger partial charge >= 0.3 is 0 Å². The molecule has 1 aliphatic carbocycles. The highest BCUT2D eigenvalue weighted by Crippen LogP contribution is 2.16. The van der Waals surface area contributed by atoms with Gasteiger partial charge in [-0.1, -0.05) is 24.3 Å². The van der Waals surface area contributed by atoms with Gasteiger partial charge in [0.05, 0.1) is 5.71 Å². The number of hydrogen-bond acceptors (Lipinski definition) is 1. The van der Waals surface area contributed by atoms with E-state index < -0.39 is 0 Å². The summed E-state index contributed by atoms with van der Waals surface area (Å²) in [7, 11) is 0. The highest BCUT2D eigenvalue weighted by Gasteiger charge is 2.06. The van der Waals surface area contributed by atoms with Crippen molar-refractivity contribution in [3.63, 3.8) is 0 Å². The number of rotatable bonds is 0. The van der Waals surface area contributed by atoms with Crippen molar-refractivity contribution in [2.24, 2.45) is 0 Å². The maximum absolute atomic E-state index is 7.48. The first-order valence-electron chi connectivity index (χ1n) is 3.26. The zero-order valence-electron chi connectivity index (χ0n) is 6.36. The first-order valence-corrected chi connectivity index (χ1v) is 3.26. The molecule has 0 saturated carbocycles. The summed E-state index contributed by atoms with van der Waals surface area (Å²) in [5.74, 6) is 0. The molecule has 1 nitrogen and oxygen atoms in total. The molecule has 1 rings (SSSR count). The second kappa shape index (κ2) is 2.25. The lowest BCUT2D eigenvalue weighted by molar-refractivity contribution is 1.36. The lowest BCUT2D eigenvalue weighted by atomic mass is 9.96. The molecule has 1 heteroatoms. The predicted molar refractivity (Wildman–Crippen MR) is 44.4 cm³/mol. The molecule has 0 aromatic carbocycles. The van der Waals surface area contributed by atoms with Gasteiger partial charge in [-0.25, -0.2) is 0 Å². The van der Waals surface area contributed by atoms with Crippen LogP contribution in [0.2, 0.25) is 0 Å². The predicted octanol–water partition coefficient (Wildman–Crippen LogP) is 2.47. The van der Waals surface area contributed by atoms with E-state index in [0.29, 0.717) is 5.71 Å². The van der Waals surface area contributed by atoms with Gasteiger partial charge in [-0.05, 0) is 25.0 Å². The van der Waals surface area contributed by atoms with Crippen LogP contribution in [0.4, 0.5) is 0 Å². The Morgan fingerprint density at radius 3 is 2.40 bits per heavy atom. The van der Waals surface area contributed by atoms with Gasteiger partial charge in [-0.2, -0.15) is 0 Å². The standard InChI is InChI=1S/C9H11N/c1-6-4-7(2)9(10)8(3)5-6/h4-5,10H,2H2,1,3H3. The number of nitrogens with one attached hydrogen (secondary N) is 1. The summed E-state index contributed by atoms with van der Waals surface area (Å²) in [6.45, 7) is 7.70. The van der Waals surface area contributed by atoms with E-state index in [4.69, 9.17) is 5.41 Å². The van der Waals surface area contributed by atoms with Crippen LogP contribution in [0.1, 0.15) is 13.8 Å². The molecule has 0 unspecified atom stereocenters. The van der Waals surface area contributed by atoms with E-state index >= 15 is 0 Å². The minimum absolute atomic E-state index is 0.561. The molecule has 10 heavy (non-hydrogen) atoms. The highest BCUT2D eigenvalue weighted by atomic mass is 14.4. The van der Waals surface area contributed by atoms with E-state index in [0.717, 1.165) is 11.1 Å². The van der Waals surface area contributed by atoms with E-state index in [2.05, 4.69) is 6.58 Å². The van der Waals surface area contributed by atoms with Crippen molar-refractivity contribution in [3.8, 4) is 0 Å². The molecule has 1 aliphatic rings. The molecule has 0 aliphatic heterocycles. The topological polar surface area (TPSA) is 23.9 Å². The minimum Gasteiger partial charge on any atom is -0.300 e. The van der Waals surface area contributed by atoms with E-state index in [-0.39, 0.29) is 0 Å². The van der Waals surface area contributed by atoms with Crippen molar-refractivity contribution in [2.75, 3.05) is 0 Å². The van der Waals surface area contributed by atoms with Crippen molar-refractivity contribution in [3.05, 3.63) is 35.5 Å². The summed E-state index contributed by atoms with van der Waals surface area (Å²) in [6, 6.07) is 0. The molecule has 0 spiro atoms. The average Bonchev–Trinajstić information content (AvgIpc) is 1.82. The Kier molecular flexibility index (Phi) is 1.58. The number of allylic oxidation sites excluding steroid dienone is 5. The van der Waals surface area contributed by atoms with Crippen LogP contribution in [0.15, 0.2) is 35.5 Å². The average molecular weight is 133 g/mol. The van der Waals surface area contributed by atoms with Gasteiger partial charge in [0.25, 0.3) is 0 Å². The second-order valence-electron chi connectivity index (χ2n) is 2.62. The summed E-state index contributed by atoms with van der Waals surface area (Å²) in [6.07, 6.45) is 3.92. The SMILES string of the molecule is C=C1C=C(C)C=C(C)C1=N. The summed E-state index contributed by atoms with van der Waals surface area (Å²) in [5.41, 5.74) is 3.56. The van der Waals surface area contributed by atoms with E-state index in [1.54, 1.807) is 0 Å². The molecule has 0 aromatic heterocycles. The van der Waals surface area contributed by atoms with Crippen molar-refractivity contribution in [1.29, 1.82) is 5.41 Å². The fourth-order valence-corrected chi connectivity index (χ4v) is 1.06. The Balaban J connectivity index is 3.07. The van der Waals surface area contributed by atoms with Gasteiger partial charge in [0, 0.05) is 0 Å². The van der Waals surface area contributed by atoms with Crippen LogP contribution in [-0.2, 0) is 0 Å². The monoisotopic (exact) mass is 133 g/mol. The molecule has 0 amide bonds. The minimum atomic E-state index is 0.561. The van der Waals surface area contributed by atoms with Gasteiger partial charge in [-0.15, -0.1) is 0 Å². The zero-order valence-corrected chi connectivity index (χ0v) is 6.36. The van der Waals surface area contributed by atoms with Crippen LogP contribution >= 0.6 is 0 Å². The van der Waals surface area contributed by atoms with Gasteiger partial charge in [0.15, 0.2) is 0 Å². The van der Waals surface area contributed by atoms with Crippen LogP contribution in [0.5, 0.6) is 0 Å². The molecule has 0 fully saturated rings. The van der Waals surface area contributed by atoms with Crippen molar-refractivity contribution in [1.82, 2.24) is 0 Å². The molecule has 0 aromatic rings. The quantitative estimate of drug-likeness (QED) is 0.525. The summed E-state index contributed by atoms with van der Waals surface area (Å²) in [5, 5.41) is 7.48. The van der Waals surface area contributed by atoms with Crippen LogP contribution < -0.4 is 0 Å². The molecular formula is C9H11N. The molecule has 0 atom stereocenters. The Morgan fingerprint density at radius 2 is 1.90 bits per heavy atom. The fraction of sp³-hybridized carbons (Fsp3) is 0.222. The normalized spacial score (nSPS) is 18.6. The van der Waals surface area contributed by atoms with E-state index in [1.807, 2.05) is 26.0 Å². The van der Waals surface area contributed by atoms with Crippen molar-refractivity contribution in [2.45, 2.75) is 13.8 Å². The Labute approximate surface area is 61.3 Å². The third-order valence-electron chi connectivity index (χ3n) is 1.56. The van der Waals surface area contributed by atoms with Crippen molar-refractivity contribution < 1.29 is 0 Å². The van der Waals surface area contributed by atoms with Crippen molar-refractivity contribution >= 4 is 5.71 Å². The Morgan fingerprint density at radius 1 is 1.30 bits per heavy atom. The van der Waals surface area contributed by atoms with Gasteiger partial charge in [0.2, 0.25) is 0 Å². The second-order valence-corrected chi connectivity index (χ2v) is 2.62. The van der Waals surface area contributed by atoms with E-state index in [1.165, 1.54) is 5.57 Å². The fourth-order valence-electron chi connectivity index (χ4n) is 1.06. The van der Waals surface area contributed by atoms with Crippen LogP contribution in [-0.4, -0.2) is 5.71 Å². The largest absolute Gasteiger partial charge is 0.300 e. The zero-order chi connectivity index (χ0) is 7.72. The van der Waals surface area contributed by atoms with Crippen LogP contribution in [0.3, 0.4) is 0 Å². The smallest absolute Gasteiger partial charge is 0.0635 e. The number of hydrogen-bond donors (Lipinski definition) is 1. The Hall–Kier alpha value is -1.11. The summed E-state index contributed by atoms with van der Waals surface area (Å²) >= 11 is 0. The first kappa shape index (κ1) is 7.00. The lowest BCUT2D eigenvalue weighted by Gasteiger charge is -2.10. The summed E-state index contributed by atoms with van der Waals surface area (Å²) < 4.78 is 0. The third-order valence-corrected chi connectivity index (χ3v) is 1.56. The van der Waals surface area contributed by atoms with Crippen LogP contribution in [0, 0.1) is 5.41 Å². The molecule has 0 saturated heterocycles. The molecule has 0 bridgehead atoms. The molecule has 0 heterocycles. The summed E-state index contributed by atoms with van der Waals surface area (Å²) in [4.78, 5) is 0. The van der Waals surface area contributed by atoms with Gasteiger partial charge < -0.3 is 5.41 Å². The molecule has 52 valence electrons. The molecular weight excluding hydrogens is 122 g/mol. The van der Waals surface area contributed by atoms with E-state index in [9.17, 15) is 0 Å². The highest BCUT2D eigenvalue weighted by molar-refractivity contribution is 6.12. The van der Waals surface area contributed by atoms with Crippen LogP contribution in [0.25, 0.3) is 0 Å². The third kappa shape index (κ3) is 1.08. The molecule has 0 radical (unpaired) electrons.